The molecule has 0 aliphatic heterocycles. The van der Waals surface area contributed by atoms with Crippen LogP contribution in [0.25, 0.3) is 0 Å². The van der Waals surface area contributed by atoms with Crippen LogP contribution in [0.1, 0.15) is 28.8 Å². The summed E-state index contributed by atoms with van der Waals surface area (Å²) in [5.41, 5.74) is 1.50. The van der Waals surface area contributed by atoms with E-state index in [9.17, 15) is 9.59 Å². The van der Waals surface area contributed by atoms with Crippen molar-refractivity contribution in [2.24, 2.45) is 0 Å². The lowest BCUT2D eigenvalue weighted by atomic mass is 10.1. The number of carbonyl (C=O) groups is 2. The molecule has 0 saturated heterocycles. The highest BCUT2D eigenvalue weighted by Crippen LogP contribution is 2.29. The maximum atomic E-state index is 12.5. The van der Waals surface area contributed by atoms with Gasteiger partial charge in [-0.15, -0.1) is 11.8 Å². The Bertz CT molecular complexity index is 511. The van der Waals surface area contributed by atoms with E-state index in [4.69, 9.17) is 5.11 Å². The minimum absolute atomic E-state index is 0.0981. The molecule has 0 radical (unpaired) electrons. The third kappa shape index (κ3) is 3.29. The zero-order valence-corrected chi connectivity index (χ0v) is 11.9. The second-order valence-electron chi connectivity index (χ2n) is 4.74. The van der Waals surface area contributed by atoms with Crippen molar-refractivity contribution < 1.29 is 14.7 Å². The summed E-state index contributed by atoms with van der Waals surface area (Å²) in [5, 5.41) is 8.93. The predicted molar refractivity (Wildman–Crippen MR) is 74.7 cm³/mol. The summed E-state index contributed by atoms with van der Waals surface area (Å²) in [5.74, 6) is -1.13. The number of carboxylic acids is 1. The van der Waals surface area contributed by atoms with E-state index in [1.807, 2.05) is 31.4 Å². The fourth-order valence-electron chi connectivity index (χ4n) is 2.01. The number of hydrogen-bond donors (Lipinski definition) is 1. The molecule has 5 heteroatoms. The van der Waals surface area contributed by atoms with E-state index in [1.54, 1.807) is 11.8 Å². The van der Waals surface area contributed by atoms with Gasteiger partial charge in [-0.1, -0.05) is 6.07 Å². The number of amides is 1. The van der Waals surface area contributed by atoms with Gasteiger partial charge in [0.15, 0.2) is 0 Å². The van der Waals surface area contributed by atoms with Crippen molar-refractivity contribution in [1.82, 2.24) is 4.90 Å². The van der Waals surface area contributed by atoms with E-state index in [-0.39, 0.29) is 18.5 Å². The first kappa shape index (κ1) is 13.9. The fourth-order valence-corrected chi connectivity index (χ4v) is 2.45. The number of aliphatic carboxylic acids is 1. The van der Waals surface area contributed by atoms with Gasteiger partial charge in [0.1, 0.15) is 6.54 Å². The number of benzene rings is 1. The van der Waals surface area contributed by atoms with Crippen LogP contribution in [0.2, 0.25) is 0 Å². The lowest BCUT2D eigenvalue weighted by Crippen LogP contribution is -2.37. The molecule has 1 aromatic rings. The second kappa shape index (κ2) is 5.65. The van der Waals surface area contributed by atoms with E-state index >= 15 is 0 Å². The highest BCUT2D eigenvalue weighted by molar-refractivity contribution is 7.98. The molecular weight excluding hydrogens is 262 g/mol. The van der Waals surface area contributed by atoms with E-state index < -0.39 is 5.97 Å². The minimum atomic E-state index is -0.959. The fraction of sp³-hybridized carbons (Fsp3) is 0.429. The van der Waals surface area contributed by atoms with Gasteiger partial charge < -0.3 is 10.0 Å². The average Bonchev–Trinajstić information content (AvgIpc) is 3.20. The maximum absolute atomic E-state index is 12.5. The van der Waals surface area contributed by atoms with Gasteiger partial charge in [-0.3, -0.25) is 9.59 Å². The van der Waals surface area contributed by atoms with Crippen molar-refractivity contribution in [2.45, 2.75) is 30.7 Å². The van der Waals surface area contributed by atoms with Crippen LogP contribution in [-0.4, -0.2) is 40.7 Å². The van der Waals surface area contributed by atoms with Gasteiger partial charge in [0.2, 0.25) is 0 Å². The van der Waals surface area contributed by atoms with E-state index in [0.29, 0.717) is 5.56 Å². The molecule has 0 unspecified atom stereocenters. The van der Waals surface area contributed by atoms with Gasteiger partial charge in [0.25, 0.3) is 5.91 Å². The number of aryl methyl sites for hydroxylation is 1. The summed E-state index contributed by atoms with van der Waals surface area (Å²) in [6.45, 7) is 1.66. The van der Waals surface area contributed by atoms with Gasteiger partial charge >= 0.3 is 5.97 Å². The molecule has 0 spiro atoms. The number of nitrogens with zero attached hydrogens (tertiary/aromatic N) is 1. The van der Waals surface area contributed by atoms with Crippen molar-refractivity contribution in [2.75, 3.05) is 12.8 Å². The molecule has 1 saturated carbocycles. The first-order chi connectivity index (χ1) is 9.02. The van der Waals surface area contributed by atoms with Crippen molar-refractivity contribution in [3.05, 3.63) is 29.3 Å². The number of rotatable bonds is 5. The Morgan fingerprint density at radius 1 is 1.42 bits per heavy atom. The van der Waals surface area contributed by atoms with Gasteiger partial charge in [0, 0.05) is 16.5 Å². The summed E-state index contributed by atoms with van der Waals surface area (Å²) in [6, 6.07) is 5.82. The zero-order chi connectivity index (χ0) is 14.0. The maximum Gasteiger partial charge on any atom is 0.323 e. The molecule has 0 bridgehead atoms. The number of thioether (sulfide) groups is 1. The summed E-state index contributed by atoms with van der Waals surface area (Å²) in [4.78, 5) is 25.9. The van der Waals surface area contributed by atoms with Crippen LogP contribution in [0.3, 0.4) is 0 Å². The quantitative estimate of drug-likeness (QED) is 0.841. The summed E-state index contributed by atoms with van der Waals surface area (Å²) >= 11 is 1.57. The first-order valence-corrected chi connectivity index (χ1v) is 7.43. The predicted octanol–water partition coefficient (Wildman–Crippen LogP) is 2.41. The molecule has 1 N–H and O–H groups in total. The smallest absolute Gasteiger partial charge is 0.323 e. The molecule has 1 aromatic carbocycles. The summed E-state index contributed by atoms with van der Waals surface area (Å²) in [6.07, 6.45) is 3.76. The highest BCUT2D eigenvalue weighted by atomic mass is 32.2. The van der Waals surface area contributed by atoms with Crippen LogP contribution >= 0.6 is 11.8 Å². The molecule has 102 valence electrons. The largest absolute Gasteiger partial charge is 0.480 e. The van der Waals surface area contributed by atoms with E-state index in [0.717, 1.165) is 23.3 Å². The van der Waals surface area contributed by atoms with Gasteiger partial charge in [0.05, 0.1) is 0 Å². The number of hydrogen-bond acceptors (Lipinski definition) is 3. The lowest BCUT2D eigenvalue weighted by molar-refractivity contribution is -0.137. The number of carboxylic acid groups (broad SMARTS) is 1. The van der Waals surface area contributed by atoms with Crippen LogP contribution in [0.4, 0.5) is 0 Å². The van der Waals surface area contributed by atoms with Gasteiger partial charge in [-0.2, -0.15) is 0 Å². The summed E-state index contributed by atoms with van der Waals surface area (Å²) in [7, 11) is 0. The molecule has 4 nitrogen and oxygen atoms in total. The molecular formula is C14H17NO3S. The Morgan fingerprint density at radius 2 is 2.11 bits per heavy atom. The standard InChI is InChI=1S/C14H17NO3S/c1-9-3-6-11(19-2)7-12(9)14(18)15(8-13(16)17)10-4-5-10/h3,6-7,10H,4-5,8H2,1-2H3,(H,16,17). The normalized spacial score (nSPS) is 14.2. The Balaban J connectivity index is 2.27. The third-order valence-electron chi connectivity index (χ3n) is 3.23. The topological polar surface area (TPSA) is 57.6 Å². The Hall–Kier alpha value is -1.49. The van der Waals surface area contributed by atoms with Crippen LogP contribution in [-0.2, 0) is 4.79 Å². The zero-order valence-electron chi connectivity index (χ0n) is 11.0. The first-order valence-electron chi connectivity index (χ1n) is 6.20. The van der Waals surface area contributed by atoms with Crippen molar-refractivity contribution in [3.8, 4) is 0 Å². The molecule has 0 aromatic heterocycles. The van der Waals surface area contributed by atoms with Crippen molar-refractivity contribution in [1.29, 1.82) is 0 Å². The molecule has 1 aliphatic carbocycles. The Kier molecular flexibility index (Phi) is 4.14. The van der Waals surface area contributed by atoms with E-state index in [2.05, 4.69) is 0 Å². The van der Waals surface area contributed by atoms with Crippen LogP contribution in [0.5, 0.6) is 0 Å². The Labute approximate surface area is 116 Å². The molecule has 1 fully saturated rings. The van der Waals surface area contributed by atoms with Crippen LogP contribution in [0, 0.1) is 6.92 Å². The third-order valence-corrected chi connectivity index (χ3v) is 3.95. The molecule has 0 atom stereocenters. The molecule has 0 heterocycles. The lowest BCUT2D eigenvalue weighted by Gasteiger charge is -2.21. The summed E-state index contributed by atoms with van der Waals surface area (Å²) < 4.78 is 0. The second-order valence-corrected chi connectivity index (χ2v) is 5.62. The van der Waals surface area contributed by atoms with Crippen molar-refractivity contribution in [3.63, 3.8) is 0 Å². The molecule has 19 heavy (non-hydrogen) atoms. The van der Waals surface area contributed by atoms with Crippen molar-refractivity contribution >= 4 is 23.6 Å². The van der Waals surface area contributed by atoms with Gasteiger partial charge in [-0.25, -0.2) is 0 Å². The average molecular weight is 279 g/mol. The van der Waals surface area contributed by atoms with Gasteiger partial charge in [-0.05, 0) is 43.7 Å². The Morgan fingerprint density at radius 3 is 2.63 bits per heavy atom. The molecule has 1 amide bonds. The van der Waals surface area contributed by atoms with E-state index in [1.165, 1.54) is 4.90 Å². The molecule has 2 rings (SSSR count). The monoisotopic (exact) mass is 279 g/mol. The number of carbonyl (C=O) groups excluding carboxylic acids is 1. The van der Waals surface area contributed by atoms with Crippen LogP contribution < -0.4 is 0 Å². The van der Waals surface area contributed by atoms with Crippen LogP contribution in [0.15, 0.2) is 23.1 Å². The highest BCUT2D eigenvalue weighted by Gasteiger charge is 2.34. The minimum Gasteiger partial charge on any atom is -0.480 e. The SMILES string of the molecule is CSc1ccc(C)c(C(=O)N(CC(=O)O)C2CC2)c1. The molecule has 1 aliphatic rings.